The molecule has 0 aliphatic heterocycles. The Hall–Kier alpha value is -3.05. The largest absolute Gasteiger partial charge is 0.505 e. The van der Waals surface area contributed by atoms with E-state index in [0.29, 0.717) is 15.9 Å². The number of nitrogens with two attached hydrogens (primary N) is 1. The minimum atomic E-state index is -0.604. The SMILES string of the molecule is CNC(=O)c1cc2cc(C(N)=O)ccc2c(/N=N/c2nnc(SC)s2)c1O. The lowest BCUT2D eigenvalue weighted by atomic mass is 10.0. The predicted molar refractivity (Wildman–Crippen MR) is 103 cm³/mol. The summed E-state index contributed by atoms with van der Waals surface area (Å²) in [5, 5.41) is 30.2. The first kappa shape index (κ1) is 18.7. The molecule has 3 aromatic rings. The van der Waals surface area contributed by atoms with Gasteiger partial charge in [-0.2, -0.15) is 0 Å². The van der Waals surface area contributed by atoms with Gasteiger partial charge in [0.15, 0.2) is 10.1 Å². The van der Waals surface area contributed by atoms with Crippen molar-refractivity contribution in [3.63, 3.8) is 0 Å². The van der Waals surface area contributed by atoms with E-state index in [0.717, 1.165) is 4.34 Å². The van der Waals surface area contributed by atoms with Gasteiger partial charge in [0, 0.05) is 18.0 Å². The molecule has 0 spiro atoms. The summed E-state index contributed by atoms with van der Waals surface area (Å²) in [6.07, 6.45) is 1.87. The van der Waals surface area contributed by atoms with Gasteiger partial charge in [0.2, 0.25) is 5.91 Å². The van der Waals surface area contributed by atoms with Crippen LogP contribution in [0.1, 0.15) is 20.7 Å². The van der Waals surface area contributed by atoms with E-state index in [-0.39, 0.29) is 22.6 Å². The first-order chi connectivity index (χ1) is 12.9. The Bertz CT molecular complexity index is 1080. The van der Waals surface area contributed by atoms with E-state index >= 15 is 0 Å². The van der Waals surface area contributed by atoms with Gasteiger partial charge in [-0.1, -0.05) is 29.2 Å². The third-order valence-corrected chi connectivity index (χ3v) is 5.43. The molecule has 0 unspecified atom stereocenters. The first-order valence-electron chi connectivity index (χ1n) is 7.55. The van der Waals surface area contributed by atoms with E-state index in [1.807, 2.05) is 6.26 Å². The van der Waals surface area contributed by atoms with E-state index in [9.17, 15) is 14.7 Å². The van der Waals surface area contributed by atoms with Gasteiger partial charge < -0.3 is 16.2 Å². The fraction of sp³-hybridized carbons (Fsp3) is 0.125. The number of rotatable bonds is 5. The highest BCUT2D eigenvalue weighted by Gasteiger charge is 2.18. The van der Waals surface area contributed by atoms with Gasteiger partial charge >= 0.3 is 0 Å². The van der Waals surface area contributed by atoms with Crippen molar-refractivity contribution in [1.82, 2.24) is 15.5 Å². The highest BCUT2D eigenvalue weighted by molar-refractivity contribution is 8.00. The highest BCUT2D eigenvalue weighted by atomic mass is 32.2. The summed E-state index contributed by atoms with van der Waals surface area (Å²) in [6.45, 7) is 0. The Kier molecular flexibility index (Phi) is 5.33. The molecule has 0 fully saturated rings. The third-order valence-electron chi connectivity index (χ3n) is 3.65. The summed E-state index contributed by atoms with van der Waals surface area (Å²) >= 11 is 2.67. The number of benzene rings is 2. The number of phenols is 1. The normalized spacial score (nSPS) is 11.2. The van der Waals surface area contributed by atoms with Gasteiger partial charge in [-0.3, -0.25) is 9.59 Å². The second-order valence-corrected chi connectivity index (χ2v) is 7.26. The van der Waals surface area contributed by atoms with Gasteiger partial charge in [-0.15, -0.1) is 20.4 Å². The molecule has 0 saturated carbocycles. The average molecular weight is 402 g/mol. The zero-order chi connectivity index (χ0) is 19.6. The van der Waals surface area contributed by atoms with Crippen LogP contribution in [0.3, 0.4) is 0 Å². The summed E-state index contributed by atoms with van der Waals surface area (Å²) < 4.78 is 0.725. The van der Waals surface area contributed by atoms with Crippen LogP contribution in [0.25, 0.3) is 10.8 Å². The third kappa shape index (κ3) is 3.73. The van der Waals surface area contributed by atoms with Crippen molar-refractivity contribution in [1.29, 1.82) is 0 Å². The summed E-state index contributed by atoms with van der Waals surface area (Å²) in [5.41, 5.74) is 5.68. The summed E-state index contributed by atoms with van der Waals surface area (Å²) in [6, 6.07) is 6.09. The summed E-state index contributed by atoms with van der Waals surface area (Å²) in [5.74, 6) is -1.43. The van der Waals surface area contributed by atoms with Crippen molar-refractivity contribution >= 4 is 56.5 Å². The molecule has 0 bridgehead atoms. The molecule has 1 heterocycles. The van der Waals surface area contributed by atoms with Gasteiger partial charge in [-0.25, -0.2) is 0 Å². The molecular weight excluding hydrogens is 388 g/mol. The highest BCUT2D eigenvalue weighted by Crippen LogP contribution is 2.40. The zero-order valence-electron chi connectivity index (χ0n) is 14.3. The molecule has 2 aromatic carbocycles. The van der Waals surface area contributed by atoms with Crippen LogP contribution in [-0.4, -0.2) is 40.4 Å². The first-order valence-corrected chi connectivity index (χ1v) is 9.59. The number of nitrogens with zero attached hydrogens (tertiary/aromatic N) is 4. The number of carbonyl (C=O) groups is 2. The predicted octanol–water partition coefficient (Wildman–Crippen LogP) is 2.99. The summed E-state index contributed by atoms with van der Waals surface area (Å²) in [7, 11) is 1.44. The van der Waals surface area contributed by atoms with E-state index in [1.54, 1.807) is 6.07 Å². The van der Waals surface area contributed by atoms with Crippen molar-refractivity contribution in [2.24, 2.45) is 16.0 Å². The van der Waals surface area contributed by atoms with Crippen LogP contribution in [0.15, 0.2) is 38.8 Å². The minimum absolute atomic E-state index is 0.00244. The van der Waals surface area contributed by atoms with Gasteiger partial charge in [0.1, 0.15) is 5.69 Å². The van der Waals surface area contributed by atoms with Crippen LogP contribution in [0, 0.1) is 0 Å². The maximum atomic E-state index is 12.1. The molecule has 2 amide bonds. The Morgan fingerprint density at radius 1 is 1.26 bits per heavy atom. The number of hydrogen-bond acceptors (Lipinski definition) is 9. The number of thioether (sulfide) groups is 1. The lowest BCUT2D eigenvalue weighted by Gasteiger charge is -2.10. The molecule has 4 N–H and O–H groups in total. The molecule has 138 valence electrons. The van der Waals surface area contributed by atoms with Crippen molar-refractivity contribution < 1.29 is 14.7 Å². The van der Waals surface area contributed by atoms with Crippen LogP contribution < -0.4 is 11.1 Å². The molecule has 0 saturated heterocycles. The van der Waals surface area contributed by atoms with Crippen molar-refractivity contribution in [2.75, 3.05) is 13.3 Å². The molecular formula is C16H14N6O3S2. The number of hydrogen-bond donors (Lipinski definition) is 3. The minimum Gasteiger partial charge on any atom is -0.505 e. The van der Waals surface area contributed by atoms with Gasteiger partial charge in [-0.05, 0) is 29.8 Å². The Morgan fingerprint density at radius 2 is 2.04 bits per heavy atom. The molecule has 0 radical (unpaired) electrons. The smallest absolute Gasteiger partial charge is 0.254 e. The molecule has 27 heavy (non-hydrogen) atoms. The standard InChI is InChI=1S/C16H14N6O3S2/c1-18-14(25)10-6-8-5-7(13(17)24)3-4-9(8)11(12(10)23)19-20-15-21-22-16(26-2)27-15/h3-6,23H,1-2H3,(H2,17,24)(H,18,25)/b20-19+. The number of aromatic hydroxyl groups is 1. The van der Waals surface area contributed by atoms with Crippen molar-refractivity contribution in [3.05, 3.63) is 35.4 Å². The maximum absolute atomic E-state index is 12.1. The fourth-order valence-electron chi connectivity index (χ4n) is 2.36. The number of phenolic OH excluding ortho intramolecular Hbond substituents is 1. The molecule has 11 heteroatoms. The molecule has 0 aliphatic rings. The molecule has 0 atom stereocenters. The number of nitrogens with one attached hydrogen (secondary N) is 1. The van der Waals surface area contributed by atoms with Gasteiger partial charge in [0.05, 0.1) is 5.56 Å². The number of amides is 2. The maximum Gasteiger partial charge on any atom is 0.254 e. The molecule has 9 nitrogen and oxygen atoms in total. The Balaban J connectivity index is 2.19. The monoisotopic (exact) mass is 402 g/mol. The number of carbonyl (C=O) groups excluding carboxylic acids is 2. The zero-order valence-corrected chi connectivity index (χ0v) is 15.9. The topological polar surface area (TPSA) is 143 Å². The molecule has 0 aliphatic carbocycles. The van der Waals surface area contributed by atoms with Crippen LogP contribution in [0.4, 0.5) is 10.8 Å². The number of aromatic nitrogens is 2. The van der Waals surface area contributed by atoms with Crippen molar-refractivity contribution in [2.45, 2.75) is 4.34 Å². The lowest BCUT2D eigenvalue weighted by molar-refractivity contribution is 0.0959. The van der Waals surface area contributed by atoms with E-state index in [2.05, 4.69) is 25.7 Å². The number of primary amides is 1. The Morgan fingerprint density at radius 3 is 2.67 bits per heavy atom. The van der Waals surface area contributed by atoms with Crippen molar-refractivity contribution in [3.8, 4) is 5.75 Å². The second-order valence-electron chi connectivity index (χ2n) is 5.26. The number of fused-ring (bicyclic) bond motifs is 1. The van der Waals surface area contributed by atoms with E-state index < -0.39 is 11.8 Å². The quantitative estimate of drug-likeness (QED) is 0.442. The fourth-order valence-corrected chi connectivity index (χ4v) is 3.44. The van der Waals surface area contributed by atoms with Crippen LogP contribution in [0.5, 0.6) is 5.75 Å². The van der Waals surface area contributed by atoms with Crippen LogP contribution >= 0.6 is 23.1 Å². The average Bonchev–Trinajstić information content (AvgIpc) is 3.13. The number of azo groups is 1. The van der Waals surface area contributed by atoms with E-state index in [4.69, 9.17) is 5.73 Å². The molecule has 1 aromatic heterocycles. The van der Waals surface area contributed by atoms with Crippen LogP contribution in [0.2, 0.25) is 0 Å². The van der Waals surface area contributed by atoms with E-state index in [1.165, 1.54) is 48.3 Å². The molecule has 3 rings (SSSR count). The second kappa shape index (κ2) is 7.68. The Labute approximate surface area is 161 Å². The summed E-state index contributed by atoms with van der Waals surface area (Å²) in [4.78, 5) is 23.6. The van der Waals surface area contributed by atoms with Crippen LogP contribution in [-0.2, 0) is 0 Å². The van der Waals surface area contributed by atoms with Gasteiger partial charge in [0.25, 0.3) is 11.0 Å². The lowest BCUT2D eigenvalue weighted by Crippen LogP contribution is -2.18.